The fraction of sp³-hybridized carbons (Fsp3) is 0.238. The van der Waals surface area contributed by atoms with Gasteiger partial charge in [0.15, 0.2) is 11.6 Å². The Balaban J connectivity index is 2.28. The highest BCUT2D eigenvalue weighted by atomic mass is 35.5. The summed E-state index contributed by atoms with van der Waals surface area (Å²) in [6.07, 6.45) is 0. The smallest absolute Gasteiger partial charge is 0.313 e. The minimum absolute atomic E-state index is 0.211. The van der Waals surface area contributed by atoms with E-state index in [4.69, 9.17) is 16.3 Å². The SMILES string of the molecule is CCOC(=O)C(C)c1c(C)n(C(=O)c2cccc(Cl)c2)c2cc(F)c(O)cc12. The largest absolute Gasteiger partial charge is 0.505 e. The van der Waals surface area contributed by atoms with Gasteiger partial charge in [0.2, 0.25) is 0 Å². The molecule has 1 unspecified atom stereocenters. The van der Waals surface area contributed by atoms with Crippen LogP contribution in [0.3, 0.4) is 0 Å². The van der Waals surface area contributed by atoms with Crippen molar-refractivity contribution in [2.75, 3.05) is 6.61 Å². The van der Waals surface area contributed by atoms with Crippen LogP contribution in [-0.4, -0.2) is 28.2 Å². The van der Waals surface area contributed by atoms with Crippen LogP contribution in [0, 0.1) is 12.7 Å². The second-order valence-corrected chi connectivity index (χ2v) is 6.88. The second kappa shape index (κ2) is 7.64. The Bertz CT molecular complexity index is 1090. The van der Waals surface area contributed by atoms with E-state index < -0.39 is 29.4 Å². The number of carbonyl (C=O) groups is 2. The molecule has 0 fully saturated rings. The van der Waals surface area contributed by atoms with Crippen LogP contribution in [0.1, 0.15) is 41.4 Å². The van der Waals surface area contributed by atoms with Crippen molar-refractivity contribution in [2.45, 2.75) is 26.7 Å². The number of esters is 1. The number of aromatic nitrogens is 1. The number of phenols is 1. The van der Waals surface area contributed by atoms with E-state index >= 15 is 0 Å². The molecule has 0 spiro atoms. The Hall–Kier alpha value is -2.86. The molecule has 0 saturated heterocycles. The van der Waals surface area contributed by atoms with Gasteiger partial charge in [-0.1, -0.05) is 17.7 Å². The Morgan fingerprint density at radius 1 is 1.29 bits per heavy atom. The first-order valence-electron chi connectivity index (χ1n) is 8.76. The highest BCUT2D eigenvalue weighted by Gasteiger charge is 2.28. The number of rotatable bonds is 4. The Kier molecular flexibility index (Phi) is 5.42. The zero-order valence-electron chi connectivity index (χ0n) is 15.6. The van der Waals surface area contributed by atoms with Crippen LogP contribution in [0.15, 0.2) is 36.4 Å². The maximum atomic E-state index is 14.1. The summed E-state index contributed by atoms with van der Waals surface area (Å²) in [6.45, 7) is 5.23. The van der Waals surface area contributed by atoms with Crippen molar-refractivity contribution in [3.8, 4) is 5.75 Å². The van der Waals surface area contributed by atoms with Gasteiger partial charge < -0.3 is 9.84 Å². The standard InChI is InChI=1S/C21H19ClFNO4/c1-4-28-21(27)11(2)19-12(3)24(17-10-16(23)18(25)9-15(17)19)20(26)13-6-5-7-14(22)8-13/h5-11,25H,4H2,1-3H3. The number of benzene rings is 2. The molecule has 2 aromatic carbocycles. The average Bonchev–Trinajstić information content (AvgIpc) is 2.92. The van der Waals surface area contributed by atoms with Crippen molar-refractivity contribution in [3.05, 3.63) is 64.1 Å². The minimum Gasteiger partial charge on any atom is -0.505 e. The normalized spacial score (nSPS) is 12.2. The van der Waals surface area contributed by atoms with Gasteiger partial charge in [-0.25, -0.2) is 4.39 Å². The Labute approximate surface area is 166 Å². The molecular formula is C21H19ClFNO4. The molecule has 1 atom stereocenters. The molecule has 5 nitrogen and oxygen atoms in total. The van der Waals surface area contributed by atoms with Crippen molar-refractivity contribution < 1.29 is 23.8 Å². The van der Waals surface area contributed by atoms with Crippen LogP contribution in [0.2, 0.25) is 5.02 Å². The first kappa shape index (κ1) is 19.9. The molecule has 0 bridgehead atoms. The summed E-state index contributed by atoms with van der Waals surface area (Å²) in [5.41, 5.74) is 1.53. The molecule has 0 saturated carbocycles. The molecule has 28 heavy (non-hydrogen) atoms. The molecule has 7 heteroatoms. The molecule has 1 heterocycles. The zero-order valence-corrected chi connectivity index (χ0v) is 16.4. The maximum absolute atomic E-state index is 14.1. The predicted octanol–water partition coefficient (Wildman–Crippen LogP) is 4.80. The topological polar surface area (TPSA) is 68.5 Å². The molecule has 0 amide bonds. The van der Waals surface area contributed by atoms with Crippen molar-refractivity contribution in [1.29, 1.82) is 0 Å². The van der Waals surface area contributed by atoms with Crippen molar-refractivity contribution in [2.24, 2.45) is 0 Å². The number of ether oxygens (including phenoxy) is 1. The van der Waals surface area contributed by atoms with Gasteiger partial charge in [0.05, 0.1) is 18.0 Å². The maximum Gasteiger partial charge on any atom is 0.313 e. The number of nitrogens with zero attached hydrogens (tertiary/aromatic N) is 1. The highest BCUT2D eigenvalue weighted by Crippen LogP contribution is 2.36. The summed E-state index contributed by atoms with van der Waals surface area (Å²) in [7, 11) is 0. The van der Waals surface area contributed by atoms with Crippen LogP contribution in [0.5, 0.6) is 5.75 Å². The number of aromatic hydroxyl groups is 1. The predicted molar refractivity (Wildman–Crippen MR) is 105 cm³/mol. The van der Waals surface area contributed by atoms with Gasteiger partial charge in [0, 0.05) is 27.7 Å². The summed E-state index contributed by atoms with van der Waals surface area (Å²) < 4.78 is 20.5. The van der Waals surface area contributed by atoms with Gasteiger partial charge in [-0.15, -0.1) is 0 Å². The number of carbonyl (C=O) groups excluding carboxylic acids is 2. The molecule has 3 aromatic rings. The van der Waals surface area contributed by atoms with E-state index in [-0.39, 0.29) is 12.1 Å². The van der Waals surface area contributed by atoms with E-state index in [1.807, 2.05) is 0 Å². The van der Waals surface area contributed by atoms with E-state index in [0.29, 0.717) is 27.2 Å². The number of hydrogen-bond donors (Lipinski definition) is 1. The first-order valence-corrected chi connectivity index (χ1v) is 9.14. The number of halogens is 2. The molecule has 1 aromatic heterocycles. The van der Waals surface area contributed by atoms with E-state index in [9.17, 15) is 19.1 Å². The summed E-state index contributed by atoms with van der Waals surface area (Å²) in [4.78, 5) is 25.5. The second-order valence-electron chi connectivity index (χ2n) is 6.44. The van der Waals surface area contributed by atoms with Crippen molar-refractivity contribution in [3.63, 3.8) is 0 Å². The van der Waals surface area contributed by atoms with Crippen molar-refractivity contribution in [1.82, 2.24) is 4.57 Å². The van der Waals surface area contributed by atoms with Gasteiger partial charge in [0.1, 0.15) is 0 Å². The van der Waals surface area contributed by atoms with Gasteiger partial charge in [0.25, 0.3) is 5.91 Å². The van der Waals surface area contributed by atoms with Crippen molar-refractivity contribution >= 4 is 34.4 Å². The summed E-state index contributed by atoms with van der Waals surface area (Å²) in [5.74, 6) is -3.01. The minimum atomic E-state index is -0.861. The number of hydrogen-bond acceptors (Lipinski definition) is 4. The third kappa shape index (κ3) is 3.36. The highest BCUT2D eigenvalue weighted by molar-refractivity contribution is 6.31. The zero-order chi connectivity index (χ0) is 20.6. The lowest BCUT2D eigenvalue weighted by atomic mass is 9.98. The van der Waals surface area contributed by atoms with Crippen LogP contribution in [0.25, 0.3) is 10.9 Å². The van der Waals surface area contributed by atoms with Crippen LogP contribution in [0.4, 0.5) is 4.39 Å². The lowest BCUT2D eigenvalue weighted by Crippen LogP contribution is -2.16. The summed E-state index contributed by atoms with van der Waals surface area (Å²) >= 11 is 6.00. The van der Waals surface area contributed by atoms with E-state index in [1.54, 1.807) is 39.0 Å². The van der Waals surface area contributed by atoms with Gasteiger partial charge >= 0.3 is 5.97 Å². The quantitative estimate of drug-likeness (QED) is 0.635. The molecule has 146 valence electrons. The molecular weight excluding hydrogens is 385 g/mol. The van der Waals surface area contributed by atoms with Crippen LogP contribution < -0.4 is 0 Å². The molecule has 0 radical (unpaired) electrons. The summed E-state index contributed by atoms with van der Waals surface area (Å²) in [6, 6.07) is 8.72. The summed E-state index contributed by atoms with van der Waals surface area (Å²) in [5, 5.41) is 10.7. The lowest BCUT2D eigenvalue weighted by molar-refractivity contribution is -0.144. The molecule has 0 aliphatic heterocycles. The fourth-order valence-corrected chi connectivity index (χ4v) is 3.58. The molecule has 0 aliphatic rings. The number of phenolic OH excluding ortho intramolecular Hbond substituents is 1. The molecule has 3 rings (SSSR count). The molecule has 0 aliphatic carbocycles. The fourth-order valence-electron chi connectivity index (χ4n) is 3.39. The van der Waals surface area contributed by atoms with Gasteiger partial charge in [-0.2, -0.15) is 0 Å². The van der Waals surface area contributed by atoms with Gasteiger partial charge in [-0.3, -0.25) is 14.2 Å². The van der Waals surface area contributed by atoms with E-state index in [0.717, 1.165) is 6.07 Å². The Morgan fingerprint density at radius 2 is 2.00 bits per heavy atom. The third-order valence-electron chi connectivity index (χ3n) is 4.67. The molecule has 1 N–H and O–H groups in total. The monoisotopic (exact) mass is 403 g/mol. The third-order valence-corrected chi connectivity index (χ3v) is 4.90. The van der Waals surface area contributed by atoms with Crippen LogP contribution in [-0.2, 0) is 9.53 Å². The van der Waals surface area contributed by atoms with E-state index in [2.05, 4.69) is 0 Å². The Morgan fingerprint density at radius 3 is 2.64 bits per heavy atom. The number of fused-ring (bicyclic) bond motifs is 1. The first-order chi connectivity index (χ1) is 13.3. The lowest BCUT2D eigenvalue weighted by Gasteiger charge is -2.12. The van der Waals surface area contributed by atoms with Crippen LogP contribution >= 0.6 is 11.6 Å². The van der Waals surface area contributed by atoms with Gasteiger partial charge in [-0.05, 0) is 50.6 Å². The average molecular weight is 404 g/mol. The van der Waals surface area contributed by atoms with E-state index in [1.165, 1.54) is 16.7 Å².